The Balaban J connectivity index is 1.88. The van der Waals surface area contributed by atoms with Crippen molar-refractivity contribution in [1.82, 2.24) is 0 Å². The van der Waals surface area contributed by atoms with Crippen LogP contribution < -0.4 is 0 Å². The van der Waals surface area contributed by atoms with Crippen LogP contribution in [0.4, 0.5) is 0 Å². The molecule has 3 fully saturated rings. The molecule has 0 amide bonds. The second-order valence-corrected chi connectivity index (χ2v) is 5.48. The highest BCUT2D eigenvalue weighted by Gasteiger charge is 2.83. The minimum absolute atomic E-state index is 0.0711. The molecule has 0 bridgehead atoms. The van der Waals surface area contributed by atoms with Crippen molar-refractivity contribution in [3.05, 3.63) is 12.2 Å². The summed E-state index contributed by atoms with van der Waals surface area (Å²) in [5.74, 6) is 1.88. The summed E-state index contributed by atoms with van der Waals surface area (Å²) in [5.41, 5.74) is 0.339. The summed E-state index contributed by atoms with van der Waals surface area (Å²) < 4.78 is 5.84. The second-order valence-electron chi connectivity index (χ2n) is 5.48. The first-order valence-electron chi connectivity index (χ1n) is 5.69. The van der Waals surface area contributed by atoms with Gasteiger partial charge in [0.2, 0.25) is 0 Å². The standard InChI is InChI=1S/C12H16O2/c1-14-12-7-2-4-11(12)5-3-10(13)9(11)6-8(7)12/h2,4,7-10,13H,3,5-6H2,1H3/t7?,8?,9?,10-,11?,12?/m1/s1. The van der Waals surface area contributed by atoms with Crippen molar-refractivity contribution >= 4 is 0 Å². The van der Waals surface area contributed by atoms with Crippen molar-refractivity contribution < 1.29 is 9.84 Å². The van der Waals surface area contributed by atoms with Crippen LogP contribution in [0.5, 0.6) is 0 Å². The third kappa shape index (κ3) is 0.496. The lowest BCUT2D eigenvalue weighted by Crippen LogP contribution is -2.37. The summed E-state index contributed by atoms with van der Waals surface area (Å²) in [6, 6.07) is 0. The van der Waals surface area contributed by atoms with Crippen molar-refractivity contribution in [2.24, 2.45) is 23.2 Å². The van der Waals surface area contributed by atoms with Gasteiger partial charge >= 0.3 is 0 Å². The Kier molecular flexibility index (Phi) is 1.10. The van der Waals surface area contributed by atoms with Crippen LogP contribution in [0.25, 0.3) is 0 Å². The molecule has 6 atom stereocenters. The van der Waals surface area contributed by atoms with E-state index in [2.05, 4.69) is 12.2 Å². The largest absolute Gasteiger partial charge is 0.393 e. The Hall–Kier alpha value is -0.340. The van der Waals surface area contributed by atoms with Crippen LogP contribution in [0, 0.1) is 23.2 Å². The lowest BCUT2D eigenvalue weighted by molar-refractivity contribution is -0.0227. The van der Waals surface area contributed by atoms with E-state index >= 15 is 0 Å². The molecule has 4 rings (SSSR count). The number of hydrogen-bond donors (Lipinski definition) is 1. The smallest absolute Gasteiger partial charge is 0.0873 e. The van der Waals surface area contributed by atoms with Gasteiger partial charge in [-0.15, -0.1) is 0 Å². The molecular formula is C12H16O2. The lowest BCUT2D eigenvalue weighted by Gasteiger charge is -2.34. The van der Waals surface area contributed by atoms with Crippen LogP contribution in [0.3, 0.4) is 0 Å². The minimum atomic E-state index is -0.0711. The van der Waals surface area contributed by atoms with Crippen LogP contribution in [0.15, 0.2) is 12.2 Å². The van der Waals surface area contributed by atoms with Crippen molar-refractivity contribution in [3.8, 4) is 0 Å². The van der Waals surface area contributed by atoms with Crippen LogP contribution in [-0.4, -0.2) is 23.9 Å². The molecule has 3 saturated carbocycles. The third-order valence-corrected chi connectivity index (χ3v) is 5.52. The van der Waals surface area contributed by atoms with Gasteiger partial charge in [0.1, 0.15) is 0 Å². The van der Waals surface area contributed by atoms with E-state index < -0.39 is 0 Å². The average molecular weight is 192 g/mol. The molecule has 0 aliphatic heterocycles. The highest BCUT2D eigenvalue weighted by molar-refractivity contribution is 5.44. The number of hydrogen-bond acceptors (Lipinski definition) is 2. The zero-order valence-electron chi connectivity index (χ0n) is 8.44. The molecule has 0 radical (unpaired) electrons. The van der Waals surface area contributed by atoms with Gasteiger partial charge in [-0.1, -0.05) is 12.2 Å². The Morgan fingerprint density at radius 2 is 2.29 bits per heavy atom. The highest BCUT2D eigenvalue weighted by Crippen LogP contribution is 2.81. The van der Waals surface area contributed by atoms with E-state index in [-0.39, 0.29) is 17.1 Å². The van der Waals surface area contributed by atoms with Crippen LogP contribution in [-0.2, 0) is 4.74 Å². The van der Waals surface area contributed by atoms with Crippen molar-refractivity contribution in [3.63, 3.8) is 0 Å². The van der Waals surface area contributed by atoms with Crippen molar-refractivity contribution in [2.75, 3.05) is 7.11 Å². The molecular weight excluding hydrogens is 176 g/mol. The predicted molar refractivity (Wildman–Crippen MR) is 51.6 cm³/mol. The SMILES string of the molecule is COC12C3C=CC14CC[C@@H](O)C4CC32. The molecule has 0 aromatic heterocycles. The predicted octanol–water partition coefficient (Wildman–Crippen LogP) is 1.35. The first-order chi connectivity index (χ1) is 6.76. The number of ether oxygens (including phenoxy) is 1. The van der Waals surface area contributed by atoms with Crippen LogP contribution in [0.1, 0.15) is 19.3 Å². The number of aliphatic hydroxyl groups is 1. The van der Waals surface area contributed by atoms with Crippen molar-refractivity contribution in [1.29, 1.82) is 0 Å². The maximum absolute atomic E-state index is 9.97. The van der Waals surface area contributed by atoms with E-state index in [9.17, 15) is 5.11 Å². The summed E-state index contributed by atoms with van der Waals surface area (Å²) >= 11 is 0. The third-order valence-electron chi connectivity index (χ3n) is 5.52. The van der Waals surface area contributed by atoms with E-state index in [1.807, 2.05) is 7.11 Å². The Labute approximate surface area is 83.9 Å². The van der Waals surface area contributed by atoms with Crippen LogP contribution in [0.2, 0.25) is 0 Å². The number of aliphatic hydroxyl groups excluding tert-OH is 1. The molecule has 0 aromatic carbocycles. The van der Waals surface area contributed by atoms with E-state index in [1.165, 1.54) is 6.42 Å². The van der Waals surface area contributed by atoms with Gasteiger partial charge in [0, 0.05) is 18.4 Å². The molecule has 0 aromatic rings. The molecule has 0 saturated heterocycles. The zero-order chi connectivity index (χ0) is 9.55. The summed E-state index contributed by atoms with van der Waals surface area (Å²) in [6.07, 6.45) is 7.94. The highest BCUT2D eigenvalue weighted by atomic mass is 16.5. The number of methoxy groups -OCH3 is 1. The van der Waals surface area contributed by atoms with Gasteiger partial charge in [-0.2, -0.15) is 0 Å². The lowest BCUT2D eigenvalue weighted by atomic mass is 9.76. The van der Waals surface area contributed by atoms with Gasteiger partial charge in [-0.05, 0) is 31.1 Å². The van der Waals surface area contributed by atoms with Crippen LogP contribution >= 0.6 is 0 Å². The average Bonchev–Trinajstić information content (AvgIpc) is 2.42. The zero-order valence-corrected chi connectivity index (χ0v) is 8.44. The maximum Gasteiger partial charge on any atom is 0.0873 e. The topological polar surface area (TPSA) is 29.5 Å². The first-order valence-corrected chi connectivity index (χ1v) is 5.69. The second kappa shape index (κ2) is 1.96. The molecule has 4 aliphatic rings. The van der Waals surface area contributed by atoms with Crippen molar-refractivity contribution in [2.45, 2.75) is 31.0 Å². The van der Waals surface area contributed by atoms with E-state index in [1.54, 1.807) is 0 Å². The van der Waals surface area contributed by atoms with E-state index in [0.29, 0.717) is 11.8 Å². The maximum atomic E-state index is 9.97. The van der Waals surface area contributed by atoms with Gasteiger partial charge in [0.25, 0.3) is 0 Å². The summed E-state index contributed by atoms with van der Waals surface area (Å²) in [6.45, 7) is 0. The van der Waals surface area contributed by atoms with Gasteiger partial charge in [-0.25, -0.2) is 0 Å². The number of rotatable bonds is 1. The van der Waals surface area contributed by atoms with E-state index in [0.717, 1.165) is 18.8 Å². The molecule has 14 heavy (non-hydrogen) atoms. The fourth-order valence-corrected chi connectivity index (χ4v) is 5.05. The molecule has 2 nitrogen and oxygen atoms in total. The molecule has 4 aliphatic carbocycles. The molecule has 76 valence electrons. The molecule has 2 heteroatoms. The minimum Gasteiger partial charge on any atom is -0.393 e. The van der Waals surface area contributed by atoms with Gasteiger partial charge in [0.15, 0.2) is 0 Å². The molecule has 1 N–H and O–H groups in total. The van der Waals surface area contributed by atoms with Gasteiger partial charge in [0.05, 0.1) is 11.7 Å². The number of fused-ring (bicyclic) bond motifs is 1. The molecule has 1 spiro atoms. The monoisotopic (exact) mass is 192 g/mol. The first kappa shape index (κ1) is 7.89. The Morgan fingerprint density at radius 1 is 1.43 bits per heavy atom. The fourth-order valence-electron chi connectivity index (χ4n) is 5.05. The Bertz CT molecular complexity index is 337. The molecule has 0 heterocycles. The summed E-state index contributed by atoms with van der Waals surface area (Å²) in [7, 11) is 1.86. The normalized spacial score (nSPS) is 67.0. The fraction of sp³-hybridized carbons (Fsp3) is 0.833. The Morgan fingerprint density at radius 3 is 3.07 bits per heavy atom. The van der Waals surface area contributed by atoms with Gasteiger partial charge in [-0.3, -0.25) is 0 Å². The molecule has 5 unspecified atom stereocenters. The van der Waals surface area contributed by atoms with E-state index in [4.69, 9.17) is 4.74 Å². The summed E-state index contributed by atoms with van der Waals surface area (Å²) in [5, 5.41) is 9.97. The summed E-state index contributed by atoms with van der Waals surface area (Å²) in [4.78, 5) is 0. The van der Waals surface area contributed by atoms with Gasteiger partial charge < -0.3 is 9.84 Å². The quantitative estimate of drug-likeness (QED) is 0.635.